The van der Waals surface area contributed by atoms with Gasteiger partial charge in [-0.25, -0.2) is 14.0 Å². The van der Waals surface area contributed by atoms with Crippen LogP contribution in [0.4, 0.5) is 9.18 Å². The molecule has 2 N–H and O–H groups in total. The topological polar surface area (TPSA) is 67.4 Å². The fraction of sp³-hybridized carbons (Fsp3) is 0.333. The van der Waals surface area contributed by atoms with Crippen molar-refractivity contribution in [2.45, 2.75) is 26.3 Å². The zero-order valence-corrected chi connectivity index (χ0v) is 11.9. The van der Waals surface area contributed by atoms with Crippen molar-refractivity contribution in [1.29, 1.82) is 0 Å². The second kappa shape index (κ2) is 6.39. The van der Waals surface area contributed by atoms with Gasteiger partial charge in [-0.2, -0.15) is 0 Å². The monoisotopic (exact) mass is 292 g/mol. The van der Waals surface area contributed by atoms with E-state index in [0.717, 1.165) is 0 Å². The van der Waals surface area contributed by atoms with E-state index in [9.17, 15) is 14.0 Å². The van der Waals surface area contributed by atoms with Gasteiger partial charge < -0.3 is 15.4 Å². The maximum atomic E-state index is 13.0. The second-order valence-corrected chi connectivity index (χ2v) is 4.76. The van der Waals surface area contributed by atoms with Crippen molar-refractivity contribution < 1.29 is 18.7 Å². The zero-order chi connectivity index (χ0) is 15.4. The third-order valence-corrected chi connectivity index (χ3v) is 3.13. The van der Waals surface area contributed by atoms with E-state index in [0.29, 0.717) is 29.9 Å². The molecule has 1 aromatic carbocycles. The SMILES string of the molecule is CCCOC(=O)C1=C(C)NC(=O)N[C@H]1c1ccc(F)cc1. The van der Waals surface area contributed by atoms with Gasteiger partial charge in [0.25, 0.3) is 0 Å². The largest absolute Gasteiger partial charge is 0.462 e. The highest BCUT2D eigenvalue weighted by atomic mass is 19.1. The standard InChI is InChI=1S/C15H17FN2O3/c1-3-8-21-14(19)12-9(2)17-15(20)18-13(12)10-4-6-11(16)7-5-10/h4-7,13H,3,8H2,1-2H3,(H2,17,18,20)/t13-/m0/s1. The Labute approximate surface area is 122 Å². The molecule has 0 saturated carbocycles. The lowest BCUT2D eigenvalue weighted by Crippen LogP contribution is -2.45. The van der Waals surface area contributed by atoms with Crippen LogP contribution in [0.1, 0.15) is 31.9 Å². The van der Waals surface area contributed by atoms with E-state index in [1.165, 1.54) is 24.3 Å². The van der Waals surface area contributed by atoms with E-state index in [1.807, 2.05) is 6.92 Å². The van der Waals surface area contributed by atoms with Gasteiger partial charge in [0.05, 0.1) is 18.2 Å². The normalized spacial score (nSPS) is 18.0. The lowest BCUT2D eigenvalue weighted by atomic mass is 9.95. The summed E-state index contributed by atoms with van der Waals surface area (Å²) in [5.41, 5.74) is 1.39. The van der Waals surface area contributed by atoms with Gasteiger partial charge in [0.1, 0.15) is 5.82 Å². The molecule has 0 aliphatic carbocycles. The molecule has 0 aromatic heterocycles. The van der Waals surface area contributed by atoms with Gasteiger partial charge in [-0.1, -0.05) is 19.1 Å². The lowest BCUT2D eigenvalue weighted by molar-refractivity contribution is -0.139. The first-order chi connectivity index (χ1) is 10.0. The first-order valence-corrected chi connectivity index (χ1v) is 6.73. The van der Waals surface area contributed by atoms with Crippen molar-refractivity contribution in [3.8, 4) is 0 Å². The van der Waals surface area contributed by atoms with Crippen molar-refractivity contribution in [2.24, 2.45) is 0 Å². The van der Waals surface area contributed by atoms with E-state index < -0.39 is 18.0 Å². The fourth-order valence-electron chi connectivity index (χ4n) is 2.14. The Balaban J connectivity index is 2.35. The van der Waals surface area contributed by atoms with E-state index in [-0.39, 0.29) is 5.82 Å². The Hall–Kier alpha value is -2.37. The number of esters is 1. The third kappa shape index (κ3) is 3.39. The van der Waals surface area contributed by atoms with E-state index in [2.05, 4.69) is 10.6 Å². The first kappa shape index (κ1) is 15.0. The van der Waals surface area contributed by atoms with Gasteiger partial charge in [-0.15, -0.1) is 0 Å². The molecule has 21 heavy (non-hydrogen) atoms. The minimum absolute atomic E-state index is 0.305. The number of carbonyl (C=O) groups is 2. The molecule has 0 unspecified atom stereocenters. The summed E-state index contributed by atoms with van der Waals surface area (Å²) >= 11 is 0. The summed E-state index contributed by atoms with van der Waals surface area (Å²) in [6.07, 6.45) is 0.707. The van der Waals surface area contributed by atoms with E-state index in [4.69, 9.17) is 4.74 Å². The average molecular weight is 292 g/mol. The van der Waals surface area contributed by atoms with Crippen molar-refractivity contribution in [1.82, 2.24) is 10.6 Å². The molecule has 1 aliphatic heterocycles. The molecule has 2 amide bonds. The van der Waals surface area contributed by atoms with Gasteiger partial charge in [0.2, 0.25) is 0 Å². The summed E-state index contributed by atoms with van der Waals surface area (Å²) in [7, 11) is 0. The molecule has 0 saturated heterocycles. The number of nitrogens with one attached hydrogen (secondary N) is 2. The van der Waals surface area contributed by atoms with Gasteiger partial charge in [0.15, 0.2) is 0 Å². The molecule has 5 nitrogen and oxygen atoms in total. The Morgan fingerprint density at radius 2 is 2.00 bits per heavy atom. The van der Waals surface area contributed by atoms with Crippen LogP contribution >= 0.6 is 0 Å². The first-order valence-electron chi connectivity index (χ1n) is 6.73. The summed E-state index contributed by atoms with van der Waals surface area (Å²) in [4.78, 5) is 23.8. The van der Waals surface area contributed by atoms with Gasteiger partial charge in [-0.05, 0) is 31.0 Å². The summed E-state index contributed by atoms with van der Waals surface area (Å²) < 4.78 is 18.2. The van der Waals surface area contributed by atoms with Crippen molar-refractivity contribution in [2.75, 3.05) is 6.61 Å². The van der Waals surface area contributed by atoms with Crippen LogP contribution in [-0.2, 0) is 9.53 Å². The quantitative estimate of drug-likeness (QED) is 0.837. The zero-order valence-electron chi connectivity index (χ0n) is 11.9. The number of urea groups is 1. The van der Waals surface area contributed by atoms with Crippen LogP contribution in [-0.4, -0.2) is 18.6 Å². The van der Waals surface area contributed by atoms with Crippen LogP contribution in [0.25, 0.3) is 0 Å². The van der Waals surface area contributed by atoms with Crippen molar-refractivity contribution >= 4 is 12.0 Å². The maximum absolute atomic E-state index is 13.0. The number of hydrogen-bond acceptors (Lipinski definition) is 3. The van der Waals surface area contributed by atoms with Crippen LogP contribution in [0.15, 0.2) is 35.5 Å². The molecule has 2 rings (SSSR count). The minimum Gasteiger partial charge on any atom is -0.462 e. The predicted molar refractivity (Wildman–Crippen MR) is 74.8 cm³/mol. The Bertz CT molecular complexity index is 581. The average Bonchev–Trinajstić information content (AvgIpc) is 2.44. The number of allylic oxidation sites excluding steroid dienone is 1. The van der Waals surface area contributed by atoms with Crippen LogP contribution in [0.2, 0.25) is 0 Å². The van der Waals surface area contributed by atoms with E-state index in [1.54, 1.807) is 6.92 Å². The highest BCUT2D eigenvalue weighted by Crippen LogP contribution is 2.27. The van der Waals surface area contributed by atoms with Crippen molar-refractivity contribution in [3.63, 3.8) is 0 Å². The molecule has 0 bridgehead atoms. The fourth-order valence-corrected chi connectivity index (χ4v) is 2.14. The number of halogens is 1. The summed E-state index contributed by atoms with van der Waals surface area (Å²) in [5.74, 6) is -0.869. The van der Waals surface area contributed by atoms with Crippen LogP contribution in [0, 0.1) is 5.82 Å². The molecule has 1 atom stereocenters. The molecule has 1 aromatic rings. The molecule has 0 radical (unpaired) electrons. The molecular weight excluding hydrogens is 275 g/mol. The van der Waals surface area contributed by atoms with Crippen molar-refractivity contribution in [3.05, 3.63) is 46.9 Å². The summed E-state index contributed by atoms with van der Waals surface area (Å²) in [5, 5.41) is 5.21. The number of carbonyl (C=O) groups excluding carboxylic acids is 2. The van der Waals surface area contributed by atoms with Gasteiger partial charge >= 0.3 is 12.0 Å². The number of hydrogen-bond donors (Lipinski definition) is 2. The lowest BCUT2D eigenvalue weighted by Gasteiger charge is -2.28. The molecule has 1 aliphatic rings. The Morgan fingerprint density at radius 1 is 1.33 bits per heavy atom. The molecule has 0 fully saturated rings. The highest BCUT2D eigenvalue weighted by Gasteiger charge is 2.32. The maximum Gasteiger partial charge on any atom is 0.338 e. The minimum atomic E-state index is -0.649. The van der Waals surface area contributed by atoms with Gasteiger partial charge in [-0.3, -0.25) is 0 Å². The second-order valence-electron chi connectivity index (χ2n) is 4.76. The van der Waals surface area contributed by atoms with Crippen LogP contribution in [0.5, 0.6) is 0 Å². The van der Waals surface area contributed by atoms with Gasteiger partial charge in [0, 0.05) is 5.70 Å². The molecule has 0 spiro atoms. The Morgan fingerprint density at radius 3 is 2.62 bits per heavy atom. The number of ether oxygens (including phenoxy) is 1. The van der Waals surface area contributed by atoms with Crippen LogP contribution < -0.4 is 10.6 Å². The number of rotatable bonds is 4. The predicted octanol–water partition coefficient (Wildman–Crippen LogP) is 2.41. The number of benzene rings is 1. The molecule has 6 heteroatoms. The third-order valence-electron chi connectivity index (χ3n) is 3.13. The summed E-state index contributed by atoms with van der Waals surface area (Å²) in [6, 6.07) is 4.58. The molecule has 112 valence electrons. The Kier molecular flexibility index (Phi) is 4.57. The van der Waals surface area contributed by atoms with E-state index >= 15 is 0 Å². The summed E-state index contributed by atoms with van der Waals surface area (Å²) in [6.45, 7) is 3.84. The number of amides is 2. The molecular formula is C15H17FN2O3. The smallest absolute Gasteiger partial charge is 0.338 e. The molecule has 1 heterocycles. The highest BCUT2D eigenvalue weighted by molar-refractivity contribution is 5.95. The van der Waals surface area contributed by atoms with Crippen LogP contribution in [0.3, 0.4) is 0 Å².